The molecule has 0 radical (unpaired) electrons. The van der Waals surface area contributed by atoms with Gasteiger partial charge in [-0.05, 0) is 12.1 Å². The van der Waals surface area contributed by atoms with Gasteiger partial charge >= 0.3 is 0 Å². The number of benzene rings is 1. The van der Waals surface area contributed by atoms with Crippen molar-refractivity contribution in [3.63, 3.8) is 0 Å². The molecule has 104 valence electrons. The Balaban J connectivity index is 2.09. The molecular formula is C13H11F2N3O2. The van der Waals surface area contributed by atoms with Crippen LogP contribution in [0.25, 0.3) is 0 Å². The van der Waals surface area contributed by atoms with E-state index in [4.69, 9.17) is 10.6 Å². The van der Waals surface area contributed by atoms with Crippen LogP contribution in [-0.4, -0.2) is 10.9 Å². The summed E-state index contributed by atoms with van der Waals surface area (Å²) >= 11 is 0. The normalized spacial score (nSPS) is 10.2. The number of nitrogens with two attached hydrogens (primary N) is 1. The van der Waals surface area contributed by atoms with E-state index in [2.05, 4.69) is 4.98 Å². The average molecular weight is 279 g/mol. The van der Waals surface area contributed by atoms with Gasteiger partial charge in [0.2, 0.25) is 0 Å². The molecule has 0 unspecified atom stereocenters. The maximum Gasteiger partial charge on any atom is 0.283 e. The number of nitrogen functional groups attached to an aromatic ring is 1. The smallest absolute Gasteiger partial charge is 0.283 e. The number of carbonyl (C=O) groups excluding carboxylic acids is 1. The van der Waals surface area contributed by atoms with Crippen LogP contribution >= 0.6 is 0 Å². The van der Waals surface area contributed by atoms with Gasteiger partial charge in [0, 0.05) is 18.2 Å². The molecule has 0 spiro atoms. The van der Waals surface area contributed by atoms with Crippen LogP contribution in [0, 0.1) is 11.6 Å². The van der Waals surface area contributed by atoms with Gasteiger partial charge in [0.25, 0.3) is 5.91 Å². The van der Waals surface area contributed by atoms with Crippen LogP contribution in [0.3, 0.4) is 0 Å². The monoisotopic (exact) mass is 279 g/mol. The van der Waals surface area contributed by atoms with Crippen molar-refractivity contribution in [1.29, 1.82) is 0 Å². The minimum atomic E-state index is -0.732. The summed E-state index contributed by atoms with van der Waals surface area (Å²) in [6.07, 6.45) is 0. The Morgan fingerprint density at radius 3 is 2.60 bits per heavy atom. The minimum Gasteiger partial charge on any atom is -0.487 e. The van der Waals surface area contributed by atoms with Crippen LogP contribution in [0.4, 0.5) is 8.78 Å². The summed E-state index contributed by atoms with van der Waals surface area (Å²) in [5.41, 5.74) is 2.51. The molecule has 0 saturated carbocycles. The molecule has 1 amide bonds. The fourth-order valence-electron chi connectivity index (χ4n) is 1.53. The summed E-state index contributed by atoms with van der Waals surface area (Å²) in [7, 11) is 0. The summed E-state index contributed by atoms with van der Waals surface area (Å²) in [6.45, 7) is -0.0332. The molecule has 5 nitrogen and oxygen atoms in total. The number of pyridine rings is 1. The molecule has 0 aliphatic rings. The zero-order chi connectivity index (χ0) is 14.5. The Morgan fingerprint density at radius 2 is 1.95 bits per heavy atom. The number of aromatic nitrogens is 1. The molecular weight excluding hydrogens is 268 g/mol. The Kier molecular flexibility index (Phi) is 4.21. The minimum absolute atomic E-state index is 0.0332. The summed E-state index contributed by atoms with van der Waals surface area (Å²) < 4.78 is 31.2. The number of nitrogens with zero attached hydrogens (tertiary/aromatic N) is 1. The number of rotatable bonds is 4. The van der Waals surface area contributed by atoms with E-state index in [9.17, 15) is 13.6 Å². The van der Waals surface area contributed by atoms with Gasteiger partial charge in [-0.2, -0.15) is 0 Å². The van der Waals surface area contributed by atoms with Crippen LogP contribution in [0.2, 0.25) is 0 Å². The lowest BCUT2D eigenvalue weighted by Crippen LogP contribution is -2.30. The fraction of sp³-hybridized carbons (Fsp3) is 0.0769. The molecule has 0 aliphatic carbocycles. The molecule has 0 bridgehead atoms. The van der Waals surface area contributed by atoms with Crippen molar-refractivity contribution in [3.8, 4) is 5.75 Å². The number of carbonyl (C=O) groups is 1. The van der Waals surface area contributed by atoms with Gasteiger partial charge < -0.3 is 4.74 Å². The van der Waals surface area contributed by atoms with Gasteiger partial charge in [0.05, 0.1) is 5.69 Å². The zero-order valence-corrected chi connectivity index (χ0v) is 10.3. The van der Waals surface area contributed by atoms with Crippen LogP contribution in [0.15, 0.2) is 36.4 Å². The zero-order valence-electron chi connectivity index (χ0n) is 10.3. The van der Waals surface area contributed by atoms with E-state index < -0.39 is 17.5 Å². The van der Waals surface area contributed by atoms with Gasteiger partial charge in [0.15, 0.2) is 0 Å². The van der Waals surface area contributed by atoms with Gasteiger partial charge in [0.1, 0.15) is 29.7 Å². The standard InChI is InChI=1S/C13H11F2N3O2/c14-8-4-9(15)6-11(5-8)20-7-10-2-1-3-12(17-10)13(19)18-16/h1-6H,7,16H2,(H,18,19). The number of hydrazine groups is 1. The molecule has 1 heterocycles. The average Bonchev–Trinajstić information content (AvgIpc) is 2.43. The molecule has 0 saturated heterocycles. The van der Waals surface area contributed by atoms with Gasteiger partial charge in [-0.1, -0.05) is 6.07 Å². The number of amides is 1. The van der Waals surface area contributed by atoms with Crippen molar-refractivity contribution in [2.75, 3.05) is 0 Å². The number of hydrogen-bond donors (Lipinski definition) is 2. The Morgan fingerprint density at radius 1 is 1.25 bits per heavy atom. The van der Waals surface area contributed by atoms with Crippen LogP contribution in [-0.2, 0) is 6.61 Å². The lowest BCUT2D eigenvalue weighted by atomic mass is 10.3. The summed E-state index contributed by atoms with van der Waals surface area (Å²) in [4.78, 5) is 15.3. The second kappa shape index (κ2) is 6.07. The topological polar surface area (TPSA) is 77.2 Å². The SMILES string of the molecule is NNC(=O)c1cccc(COc2cc(F)cc(F)c2)n1. The van der Waals surface area contributed by atoms with E-state index >= 15 is 0 Å². The Bertz CT molecular complexity index is 615. The van der Waals surface area contributed by atoms with Gasteiger partial charge in [-0.3, -0.25) is 10.2 Å². The lowest BCUT2D eigenvalue weighted by molar-refractivity contribution is 0.0948. The van der Waals surface area contributed by atoms with E-state index in [-0.39, 0.29) is 18.1 Å². The summed E-state index contributed by atoms with van der Waals surface area (Å²) in [5.74, 6) is 3.04. The first-order valence-corrected chi connectivity index (χ1v) is 5.64. The first-order chi connectivity index (χ1) is 9.58. The molecule has 2 rings (SSSR count). The maximum absolute atomic E-state index is 13.0. The second-order valence-corrected chi connectivity index (χ2v) is 3.88. The van der Waals surface area contributed by atoms with E-state index in [1.807, 2.05) is 5.43 Å². The molecule has 1 aromatic carbocycles. The second-order valence-electron chi connectivity index (χ2n) is 3.88. The predicted octanol–water partition coefficient (Wildman–Crippen LogP) is 1.54. The molecule has 20 heavy (non-hydrogen) atoms. The highest BCUT2D eigenvalue weighted by Gasteiger charge is 2.07. The quantitative estimate of drug-likeness (QED) is 0.505. The van der Waals surface area contributed by atoms with Gasteiger partial charge in [-0.25, -0.2) is 19.6 Å². The third-order valence-corrected chi connectivity index (χ3v) is 2.39. The highest BCUT2D eigenvalue weighted by atomic mass is 19.1. The Hall–Kier alpha value is -2.54. The number of hydrogen-bond acceptors (Lipinski definition) is 4. The highest BCUT2D eigenvalue weighted by molar-refractivity contribution is 5.91. The number of ether oxygens (including phenoxy) is 1. The molecule has 0 atom stereocenters. The van der Waals surface area contributed by atoms with E-state index in [1.165, 1.54) is 6.07 Å². The van der Waals surface area contributed by atoms with Crippen molar-refractivity contribution in [2.45, 2.75) is 6.61 Å². The van der Waals surface area contributed by atoms with E-state index in [0.29, 0.717) is 5.69 Å². The molecule has 0 fully saturated rings. The molecule has 1 aromatic heterocycles. The van der Waals surface area contributed by atoms with Crippen molar-refractivity contribution in [3.05, 3.63) is 59.4 Å². The van der Waals surface area contributed by atoms with Gasteiger partial charge in [-0.15, -0.1) is 0 Å². The molecule has 2 aromatic rings. The summed E-state index contributed by atoms with van der Waals surface area (Å²) in [6, 6.07) is 7.55. The lowest BCUT2D eigenvalue weighted by Gasteiger charge is -2.07. The maximum atomic E-state index is 13.0. The highest BCUT2D eigenvalue weighted by Crippen LogP contribution is 2.16. The van der Waals surface area contributed by atoms with E-state index in [0.717, 1.165) is 18.2 Å². The number of nitrogens with one attached hydrogen (secondary N) is 1. The third-order valence-electron chi connectivity index (χ3n) is 2.39. The van der Waals surface area contributed by atoms with Crippen LogP contribution in [0.5, 0.6) is 5.75 Å². The van der Waals surface area contributed by atoms with Crippen LogP contribution < -0.4 is 16.0 Å². The fourth-order valence-corrected chi connectivity index (χ4v) is 1.53. The Labute approximate surface area is 113 Å². The first-order valence-electron chi connectivity index (χ1n) is 5.64. The predicted molar refractivity (Wildman–Crippen MR) is 66.6 cm³/mol. The largest absolute Gasteiger partial charge is 0.487 e. The van der Waals surface area contributed by atoms with Crippen molar-refractivity contribution >= 4 is 5.91 Å². The molecule has 3 N–H and O–H groups in total. The molecule has 0 aliphatic heterocycles. The molecule has 7 heteroatoms. The van der Waals surface area contributed by atoms with Crippen molar-refractivity contribution in [1.82, 2.24) is 10.4 Å². The van der Waals surface area contributed by atoms with Crippen molar-refractivity contribution in [2.24, 2.45) is 5.84 Å². The summed E-state index contributed by atoms with van der Waals surface area (Å²) in [5, 5.41) is 0. The third kappa shape index (κ3) is 3.48. The van der Waals surface area contributed by atoms with Crippen LogP contribution in [0.1, 0.15) is 16.2 Å². The van der Waals surface area contributed by atoms with Crippen molar-refractivity contribution < 1.29 is 18.3 Å². The first kappa shape index (κ1) is 13.9. The number of halogens is 2. The van der Waals surface area contributed by atoms with E-state index in [1.54, 1.807) is 12.1 Å².